The lowest BCUT2D eigenvalue weighted by molar-refractivity contribution is -0.149. The van der Waals surface area contributed by atoms with E-state index < -0.39 is 36.2 Å². The van der Waals surface area contributed by atoms with Crippen molar-refractivity contribution in [3.05, 3.63) is 30.0 Å². The van der Waals surface area contributed by atoms with Crippen LogP contribution in [0.2, 0.25) is 0 Å². The fraction of sp³-hybridized carbons (Fsp3) is 0.586. The lowest BCUT2D eigenvalue weighted by atomic mass is 9.83. The third-order valence-electron chi connectivity index (χ3n) is 8.20. The highest BCUT2D eigenvalue weighted by Gasteiger charge is 2.45. The average molecular weight is 540 g/mol. The molecule has 5 rings (SSSR count). The predicted octanol–water partition coefficient (Wildman–Crippen LogP) is 4.08. The van der Waals surface area contributed by atoms with E-state index in [4.69, 9.17) is 14.2 Å². The Morgan fingerprint density at radius 2 is 1.90 bits per heavy atom. The fourth-order valence-corrected chi connectivity index (χ4v) is 6.18. The van der Waals surface area contributed by atoms with E-state index in [1.165, 1.54) is 4.90 Å². The van der Waals surface area contributed by atoms with Crippen molar-refractivity contribution in [2.24, 2.45) is 5.92 Å². The second kappa shape index (κ2) is 12.1. The number of hydrogen-bond donors (Lipinski definition) is 2. The second-order valence-electron chi connectivity index (χ2n) is 10.8. The summed E-state index contributed by atoms with van der Waals surface area (Å²) in [5, 5.41) is 14.5. The number of hydrogen-bond acceptors (Lipinski definition) is 7. The van der Waals surface area contributed by atoms with Crippen LogP contribution in [0.3, 0.4) is 0 Å². The van der Waals surface area contributed by atoms with Crippen molar-refractivity contribution in [3.63, 3.8) is 0 Å². The number of pyridine rings is 1. The maximum absolute atomic E-state index is 13.9. The van der Waals surface area contributed by atoms with Crippen LogP contribution in [0.5, 0.6) is 11.6 Å². The van der Waals surface area contributed by atoms with E-state index in [1.54, 1.807) is 13.3 Å². The first-order valence-corrected chi connectivity index (χ1v) is 14.0. The lowest BCUT2D eigenvalue weighted by Gasteiger charge is -2.33. The van der Waals surface area contributed by atoms with Crippen LogP contribution < -0.4 is 14.8 Å². The first-order chi connectivity index (χ1) is 18.9. The van der Waals surface area contributed by atoms with Gasteiger partial charge in [0.1, 0.15) is 23.9 Å². The standard InChI is InChI=1S/C29H37N3O7/c1-37-24-15-18-8-4-3-7-13-38-29(36)31-25(19-9-5-2-6-10-19)27(33)32-17-20(16-23(32)28(34)35)39-26-22(14-18)21(24)11-12-30-26/h11-12,14-15,19-20,23,25H,2-10,13,16-17H2,1H3,(H,31,36)(H,34,35)/t20-,23?,25+/m1/s1. The molecule has 1 unspecified atom stereocenters. The van der Waals surface area contributed by atoms with Gasteiger partial charge in [0.15, 0.2) is 0 Å². The highest BCUT2D eigenvalue weighted by Crippen LogP contribution is 2.35. The van der Waals surface area contributed by atoms with Crippen LogP contribution in [0.15, 0.2) is 24.4 Å². The molecule has 10 nitrogen and oxygen atoms in total. The maximum atomic E-state index is 13.9. The van der Waals surface area contributed by atoms with Crippen LogP contribution in [0, 0.1) is 5.92 Å². The Kier molecular flexibility index (Phi) is 8.38. The van der Waals surface area contributed by atoms with Crippen molar-refractivity contribution in [1.82, 2.24) is 15.2 Å². The number of benzene rings is 1. The smallest absolute Gasteiger partial charge is 0.407 e. The largest absolute Gasteiger partial charge is 0.496 e. The summed E-state index contributed by atoms with van der Waals surface area (Å²) in [5.41, 5.74) is 1.07. The van der Waals surface area contributed by atoms with Gasteiger partial charge in [-0.05, 0) is 68.2 Å². The molecule has 2 aliphatic heterocycles. The normalized spacial score (nSPS) is 25.4. The van der Waals surface area contributed by atoms with Gasteiger partial charge in [0, 0.05) is 23.4 Å². The number of aliphatic carboxylic acids is 1. The van der Waals surface area contributed by atoms with Gasteiger partial charge in [-0.15, -0.1) is 0 Å². The number of aryl methyl sites for hydroxylation is 1. The molecule has 1 aliphatic carbocycles. The van der Waals surface area contributed by atoms with Crippen LogP contribution in [0.25, 0.3) is 10.8 Å². The molecule has 39 heavy (non-hydrogen) atoms. The van der Waals surface area contributed by atoms with Crippen LogP contribution >= 0.6 is 0 Å². The van der Waals surface area contributed by atoms with Crippen molar-refractivity contribution >= 4 is 28.7 Å². The molecule has 1 saturated carbocycles. The topological polar surface area (TPSA) is 127 Å². The van der Waals surface area contributed by atoms with E-state index in [1.807, 2.05) is 18.2 Å². The first kappa shape index (κ1) is 27.0. The van der Waals surface area contributed by atoms with Gasteiger partial charge in [-0.25, -0.2) is 14.6 Å². The van der Waals surface area contributed by atoms with Gasteiger partial charge < -0.3 is 29.5 Å². The van der Waals surface area contributed by atoms with E-state index in [-0.39, 0.29) is 25.5 Å². The number of fused-ring (bicyclic) bond motifs is 3. The van der Waals surface area contributed by atoms with Crippen LogP contribution in [0.4, 0.5) is 4.79 Å². The monoisotopic (exact) mass is 539 g/mol. The molecule has 2 aromatic rings. The molecule has 2 fully saturated rings. The molecular weight excluding hydrogens is 502 g/mol. The van der Waals surface area contributed by atoms with Crippen molar-refractivity contribution < 1.29 is 33.7 Å². The number of nitrogens with zero attached hydrogens (tertiary/aromatic N) is 2. The number of aromatic nitrogens is 1. The number of nitrogens with one attached hydrogen (secondary N) is 1. The summed E-state index contributed by atoms with van der Waals surface area (Å²) in [7, 11) is 1.63. The number of rotatable bonds is 3. The number of carbonyl (C=O) groups excluding carboxylic acids is 2. The minimum Gasteiger partial charge on any atom is -0.496 e. The van der Waals surface area contributed by atoms with Gasteiger partial charge in [0.05, 0.1) is 20.3 Å². The number of carboxylic acids is 1. The van der Waals surface area contributed by atoms with Crippen molar-refractivity contribution in [2.45, 2.75) is 82.4 Å². The SMILES string of the molecule is COc1cc2cc3c(nccc13)O[C@@H]1CC(C(=O)O)N(C1)C(=O)[C@H](C1CCCCC1)NC(=O)OCCCCC2. The molecule has 0 spiro atoms. The molecular formula is C29H37N3O7. The number of cyclic esters (lactones) is 1. The lowest BCUT2D eigenvalue weighted by Crippen LogP contribution is -2.55. The van der Waals surface area contributed by atoms with Crippen molar-refractivity contribution in [2.75, 3.05) is 20.3 Å². The minimum atomic E-state index is -1.10. The van der Waals surface area contributed by atoms with E-state index in [0.717, 1.165) is 67.7 Å². The van der Waals surface area contributed by atoms with Crippen LogP contribution in [0.1, 0.15) is 63.4 Å². The number of carbonyl (C=O) groups is 3. The van der Waals surface area contributed by atoms with Gasteiger partial charge in [-0.3, -0.25) is 4.79 Å². The number of amides is 2. The molecule has 10 heteroatoms. The zero-order valence-electron chi connectivity index (χ0n) is 22.4. The molecule has 2 N–H and O–H groups in total. The molecule has 0 radical (unpaired) electrons. The van der Waals surface area contributed by atoms with Gasteiger partial charge >= 0.3 is 12.1 Å². The molecule has 3 aliphatic rings. The third kappa shape index (κ3) is 6.04. The summed E-state index contributed by atoms with van der Waals surface area (Å²) >= 11 is 0. The zero-order chi connectivity index (χ0) is 27.4. The molecule has 1 aromatic heterocycles. The predicted molar refractivity (Wildman–Crippen MR) is 143 cm³/mol. The third-order valence-corrected chi connectivity index (χ3v) is 8.20. The van der Waals surface area contributed by atoms with E-state index >= 15 is 0 Å². The van der Waals surface area contributed by atoms with Gasteiger partial charge in [0.25, 0.3) is 0 Å². The minimum absolute atomic E-state index is 0.0653. The van der Waals surface area contributed by atoms with Crippen LogP contribution in [-0.4, -0.2) is 71.4 Å². The summed E-state index contributed by atoms with van der Waals surface area (Å²) in [6.07, 6.45) is 8.46. The Labute approximate surface area is 228 Å². The van der Waals surface area contributed by atoms with Crippen molar-refractivity contribution in [3.8, 4) is 11.6 Å². The summed E-state index contributed by atoms with van der Waals surface area (Å²) in [4.78, 5) is 44.7. The molecule has 3 heterocycles. The number of methoxy groups -OCH3 is 1. The fourth-order valence-electron chi connectivity index (χ4n) is 6.18. The van der Waals surface area contributed by atoms with Gasteiger partial charge in [-0.2, -0.15) is 0 Å². The first-order valence-electron chi connectivity index (χ1n) is 14.0. The van der Waals surface area contributed by atoms with E-state index in [9.17, 15) is 19.5 Å². The Morgan fingerprint density at radius 3 is 2.67 bits per heavy atom. The van der Waals surface area contributed by atoms with Crippen LogP contribution in [-0.2, 0) is 20.7 Å². The summed E-state index contributed by atoms with van der Waals surface area (Å²) in [6.45, 7) is 0.342. The average Bonchev–Trinajstić information content (AvgIpc) is 3.37. The maximum Gasteiger partial charge on any atom is 0.407 e. The molecule has 4 bridgehead atoms. The quantitative estimate of drug-likeness (QED) is 0.598. The molecule has 210 valence electrons. The van der Waals surface area contributed by atoms with E-state index in [2.05, 4.69) is 10.3 Å². The summed E-state index contributed by atoms with van der Waals surface area (Å²) < 4.78 is 17.4. The number of carboxylic acid groups (broad SMARTS) is 1. The van der Waals surface area contributed by atoms with Gasteiger partial charge in [-0.1, -0.05) is 19.3 Å². The molecule has 3 atom stereocenters. The highest BCUT2D eigenvalue weighted by atomic mass is 16.5. The summed E-state index contributed by atoms with van der Waals surface area (Å²) in [6, 6.07) is 4.03. The Balaban J connectivity index is 1.49. The Morgan fingerprint density at radius 1 is 1.10 bits per heavy atom. The highest BCUT2D eigenvalue weighted by molar-refractivity contribution is 5.93. The Bertz CT molecular complexity index is 1210. The number of alkyl carbamates (subject to hydrolysis) is 1. The Hall–Kier alpha value is -3.56. The van der Waals surface area contributed by atoms with E-state index in [0.29, 0.717) is 18.1 Å². The number of ether oxygens (including phenoxy) is 3. The zero-order valence-corrected chi connectivity index (χ0v) is 22.4. The van der Waals surface area contributed by atoms with Gasteiger partial charge in [0.2, 0.25) is 11.8 Å². The molecule has 1 saturated heterocycles. The van der Waals surface area contributed by atoms with Crippen molar-refractivity contribution in [1.29, 1.82) is 0 Å². The second-order valence-corrected chi connectivity index (χ2v) is 10.8. The molecule has 1 aromatic carbocycles. The molecule has 2 amide bonds. The summed E-state index contributed by atoms with van der Waals surface area (Å²) in [5.74, 6) is -0.452.